The third-order valence-corrected chi connectivity index (χ3v) is 13.2. The highest BCUT2D eigenvalue weighted by Crippen LogP contribution is 2.50. The first-order valence-electron chi connectivity index (χ1n) is 21.3. The van der Waals surface area contributed by atoms with Gasteiger partial charge in [-0.1, -0.05) is 166 Å². The van der Waals surface area contributed by atoms with Crippen molar-refractivity contribution in [1.29, 1.82) is 0 Å². The van der Waals surface area contributed by atoms with Crippen molar-refractivity contribution in [1.82, 2.24) is 4.57 Å². The molecule has 1 aliphatic carbocycles. The maximum atomic E-state index is 2.42. The smallest absolute Gasteiger partial charge is 0.0541 e. The minimum atomic E-state index is -0.0668. The molecule has 0 radical (unpaired) electrons. The first kappa shape index (κ1) is 35.3. The number of fused-ring (bicyclic) bond motifs is 9. The predicted octanol–water partition coefficient (Wildman–Crippen LogP) is 16.2. The van der Waals surface area contributed by atoms with E-state index in [0.29, 0.717) is 0 Å². The highest BCUT2D eigenvalue weighted by Gasteiger charge is 2.35. The molecule has 2 nitrogen and oxygen atoms in total. The molecule has 0 unspecified atom stereocenters. The van der Waals surface area contributed by atoms with Crippen LogP contribution in [0.15, 0.2) is 218 Å². The number of hydrogen-bond donors (Lipinski definition) is 0. The molecule has 1 heterocycles. The monoisotopic (exact) mass is 778 g/mol. The minimum absolute atomic E-state index is 0.0668. The van der Waals surface area contributed by atoms with Crippen LogP contribution in [-0.4, -0.2) is 4.57 Å². The zero-order chi connectivity index (χ0) is 40.7. The molecule has 0 spiro atoms. The summed E-state index contributed by atoms with van der Waals surface area (Å²) in [7, 11) is 0. The summed E-state index contributed by atoms with van der Waals surface area (Å²) in [6, 6.07) is 80.4. The van der Waals surface area contributed by atoms with Crippen LogP contribution in [-0.2, 0) is 5.41 Å². The Bertz CT molecular complexity index is 3440. The van der Waals surface area contributed by atoms with Gasteiger partial charge in [0.15, 0.2) is 0 Å². The van der Waals surface area contributed by atoms with Gasteiger partial charge >= 0.3 is 0 Å². The van der Waals surface area contributed by atoms with Gasteiger partial charge in [-0.15, -0.1) is 0 Å². The summed E-state index contributed by atoms with van der Waals surface area (Å²) in [5.41, 5.74) is 17.1. The SMILES string of the molecule is CC1(C)c2ccccc2-c2ccc(-c3cccc(N(c4ccc(-c5cccc6c5ccc5ccccc56)cc4)c4ccc(-n5c6ccccc6c6ccccc65)cc4)c3)cc21. The molecule has 1 aliphatic rings. The second-order valence-corrected chi connectivity index (χ2v) is 16.9. The summed E-state index contributed by atoms with van der Waals surface area (Å²) in [5, 5.41) is 7.61. The Morgan fingerprint density at radius 3 is 1.69 bits per heavy atom. The highest BCUT2D eigenvalue weighted by atomic mass is 15.1. The zero-order valence-electron chi connectivity index (χ0n) is 34.2. The molecule has 0 saturated carbocycles. The molecular weight excluding hydrogens is 737 g/mol. The van der Waals surface area contributed by atoms with Crippen LogP contribution < -0.4 is 4.90 Å². The quantitative estimate of drug-likeness (QED) is 0.153. The molecule has 0 atom stereocenters. The minimum Gasteiger partial charge on any atom is -0.310 e. The van der Waals surface area contributed by atoms with E-state index >= 15 is 0 Å². The van der Waals surface area contributed by atoms with Crippen LogP contribution in [0, 0.1) is 0 Å². The van der Waals surface area contributed by atoms with E-state index in [9.17, 15) is 0 Å². The van der Waals surface area contributed by atoms with E-state index in [-0.39, 0.29) is 5.41 Å². The van der Waals surface area contributed by atoms with Crippen LogP contribution in [0.4, 0.5) is 17.1 Å². The fourth-order valence-electron chi connectivity index (χ4n) is 10.2. The van der Waals surface area contributed by atoms with Gasteiger partial charge in [0, 0.05) is 38.9 Å². The van der Waals surface area contributed by atoms with Gasteiger partial charge in [0.1, 0.15) is 0 Å². The molecule has 2 heteroatoms. The average molecular weight is 779 g/mol. The number of rotatable bonds is 6. The van der Waals surface area contributed by atoms with Crippen LogP contribution in [0.3, 0.4) is 0 Å². The lowest BCUT2D eigenvalue weighted by Gasteiger charge is -2.27. The maximum Gasteiger partial charge on any atom is 0.0541 e. The van der Waals surface area contributed by atoms with Gasteiger partial charge in [-0.05, 0) is 133 Å². The topological polar surface area (TPSA) is 8.17 Å². The molecule has 0 saturated heterocycles. The van der Waals surface area contributed by atoms with Gasteiger partial charge in [0.2, 0.25) is 0 Å². The molecule has 0 N–H and O–H groups in total. The number of hydrogen-bond acceptors (Lipinski definition) is 1. The third kappa shape index (κ3) is 5.56. The standard InChI is InChI=1S/C59H42N2/c1-59(2)55-22-8-5-17-51(55)52-36-28-42(38-56(52)59)41-14-11-15-46(37-41)60(44-31-33-45(34-32-44)61-57-23-9-6-18-53(57)54-19-7-10-24-58(54)61)43-29-25-40(26-30-43)48-20-12-21-49-47-16-4-3-13-39(47)27-35-50(48)49/h3-38H,1-2H3. The van der Waals surface area contributed by atoms with E-state index in [1.165, 1.54) is 87.9 Å². The van der Waals surface area contributed by atoms with Crippen molar-refractivity contribution in [2.45, 2.75) is 19.3 Å². The lowest BCUT2D eigenvalue weighted by atomic mass is 9.81. The molecule has 12 rings (SSSR count). The second kappa shape index (κ2) is 13.7. The van der Waals surface area contributed by atoms with Gasteiger partial charge in [-0.2, -0.15) is 0 Å². The Balaban J connectivity index is 0.977. The van der Waals surface area contributed by atoms with E-state index in [2.05, 4.69) is 242 Å². The van der Waals surface area contributed by atoms with E-state index < -0.39 is 0 Å². The van der Waals surface area contributed by atoms with Crippen LogP contribution in [0.25, 0.3) is 82.4 Å². The predicted molar refractivity (Wildman–Crippen MR) is 259 cm³/mol. The first-order valence-corrected chi connectivity index (χ1v) is 21.3. The summed E-state index contributed by atoms with van der Waals surface area (Å²) in [6.45, 7) is 4.71. The molecule has 11 aromatic rings. The molecule has 0 bridgehead atoms. The number of para-hydroxylation sites is 2. The second-order valence-electron chi connectivity index (χ2n) is 16.9. The van der Waals surface area contributed by atoms with Crippen molar-refractivity contribution in [3.63, 3.8) is 0 Å². The van der Waals surface area contributed by atoms with E-state index in [1.807, 2.05) is 0 Å². The first-order chi connectivity index (χ1) is 30.0. The number of anilines is 3. The molecule has 61 heavy (non-hydrogen) atoms. The number of benzene rings is 10. The normalized spacial score (nSPS) is 12.9. The van der Waals surface area contributed by atoms with E-state index in [0.717, 1.165) is 22.7 Å². The summed E-state index contributed by atoms with van der Waals surface area (Å²) >= 11 is 0. The Morgan fingerprint density at radius 2 is 0.918 bits per heavy atom. The number of aromatic nitrogens is 1. The maximum absolute atomic E-state index is 2.42. The van der Waals surface area contributed by atoms with Crippen molar-refractivity contribution in [3.8, 4) is 39.1 Å². The van der Waals surface area contributed by atoms with Crippen LogP contribution in [0.5, 0.6) is 0 Å². The number of nitrogens with zero attached hydrogens (tertiary/aromatic N) is 2. The van der Waals surface area contributed by atoms with Gasteiger partial charge < -0.3 is 9.47 Å². The van der Waals surface area contributed by atoms with Crippen molar-refractivity contribution in [2.75, 3.05) is 4.90 Å². The van der Waals surface area contributed by atoms with Gasteiger partial charge in [-0.3, -0.25) is 0 Å². The van der Waals surface area contributed by atoms with Crippen LogP contribution >= 0.6 is 0 Å². The fourth-order valence-corrected chi connectivity index (χ4v) is 10.2. The molecule has 288 valence electrons. The third-order valence-electron chi connectivity index (χ3n) is 13.2. The van der Waals surface area contributed by atoms with Crippen molar-refractivity contribution in [2.24, 2.45) is 0 Å². The largest absolute Gasteiger partial charge is 0.310 e. The summed E-state index contributed by atoms with van der Waals surface area (Å²) in [6.07, 6.45) is 0. The molecule has 0 fully saturated rings. The summed E-state index contributed by atoms with van der Waals surface area (Å²) < 4.78 is 2.38. The molecule has 1 aromatic heterocycles. The van der Waals surface area contributed by atoms with Gasteiger partial charge in [0.25, 0.3) is 0 Å². The fraction of sp³-hybridized carbons (Fsp3) is 0.0508. The van der Waals surface area contributed by atoms with Crippen LogP contribution in [0.2, 0.25) is 0 Å². The molecule has 10 aromatic carbocycles. The van der Waals surface area contributed by atoms with Gasteiger partial charge in [-0.25, -0.2) is 0 Å². The summed E-state index contributed by atoms with van der Waals surface area (Å²) in [5.74, 6) is 0. The lowest BCUT2D eigenvalue weighted by molar-refractivity contribution is 0.660. The molecule has 0 aliphatic heterocycles. The summed E-state index contributed by atoms with van der Waals surface area (Å²) in [4.78, 5) is 2.40. The van der Waals surface area contributed by atoms with Crippen molar-refractivity contribution in [3.05, 3.63) is 230 Å². The van der Waals surface area contributed by atoms with E-state index in [1.54, 1.807) is 0 Å². The lowest BCUT2D eigenvalue weighted by Crippen LogP contribution is -2.14. The Kier molecular flexibility index (Phi) is 7.92. The van der Waals surface area contributed by atoms with Gasteiger partial charge in [0.05, 0.1) is 11.0 Å². The Hall–Kier alpha value is -7.68. The highest BCUT2D eigenvalue weighted by molar-refractivity contribution is 6.12. The molecular formula is C59H42N2. The Labute approximate surface area is 356 Å². The zero-order valence-corrected chi connectivity index (χ0v) is 34.2. The van der Waals surface area contributed by atoms with Crippen LogP contribution in [0.1, 0.15) is 25.0 Å². The van der Waals surface area contributed by atoms with Crippen molar-refractivity contribution < 1.29 is 0 Å². The molecule has 0 amide bonds. The van der Waals surface area contributed by atoms with E-state index in [4.69, 9.17) is 0 Å². The van der Waals surface area contributed by atoms with Crippen molar-refractivity contribution >= 4 is 60.4 Å². The Morgan fingerprint density at radius 1 is 0.344 bits per heavy atom. The average Bonchev–Trinajstić information content (AvgIpc) is 3.77.